The fraction of sp³-hybridized carbons (Fsp3) is 0.583. The zero-order valence-corrected chi connectivity index (χ0v) is 12.5. The lowest BCUT2D eigenvalue weighted by atomic mass is 9.98. The molecule has 1 aromatic rings. The Labute approximate surface area is 117 Å². The van der Waals surface area contributed by atoms with E-state index in [1.807, 2.05) is 13.0 Å². The lowest BCUT2D eigenvalue weighted by Crippen LogP contribution is -2.41. The number of nitrogens with two attached hydrogens (primary N) is 1. The highest BCUT2D eigenvalue weighted by Crippen LogP contribution is 2.28. The number of carbonyl (C=O) groups excluding carboxylic acids is 1. The van der Waals surface area contributed by atoms with E-state index < -0.39 is 10.0 Å². The van der Waals surface area contributed by atoms with Gasteiger partial charge in [-0.3, -0.25) is 4.79 Å². The second kappa shape index (κ2) is 5.60. The Morgan fingerprint density at radius 3 is 2.53 bits per heavy atom. The Bertz CT molecular complexity index is 557. The van der Waals surface area contributed by atoms with E-state index in [1.54, 1.807) is 6.07 Å². The number of rotatable bonds is 4. The van der Waals surface area contributed by atoms with Gasteiger partial charge in [-0.15, -0.1) is 11.3 Å². The molecule has 0 bridgehead atoms. The van der Waals surface area contributed by atoms with Gasteiger partial charge in [0.25, 0.3) is 10.0 Å². The van der Waals surface area contributed by atoms with E-state index in [9.17, 15) is 13.2 Å². The van der Waals surface area contributed by atoms with Crippen LogP contribution >= 0.6 is 11.3 Å². The van der Waals surface area contributed by atoms with E-state index in [0.29, 0.717) is 30.1 Å². The first kappa shape index (κ1) is 14.5. The fourth-order valence-electron chi connectivity index (χ4n) is 2.19. The molecular weight excluding hydrogens is 284 g/mol. The summed E-state index contributed by atoms with van der Waals surface area (Å²) >= 11 is 1.32. The van der Waals surface area contributed by atoms with Crippen LogP contribution in [0.5, 0.6) is 0 Å². The van der Waals surface area contributed by atoms with E-state index in [4.69, 9.17) is 5.73 Å². The SMILES string of the molecule is CCc1ccc(S(=O)(=O)N2CCC(C(N)=O)CC2)s1. The van der Waals surface area contributed by atoms with Gasteiger partial charge in [0.05, 0.1) is 0 Å². The zero-order chi connectivity index (χ0) is 14.0. The summed E-state index contributed by atoms with van der Waals surface area (Å²) in [5.74, 6) is -0.526. The lowest BCUT2D eigenvalue weighted by Gasteiger charge is -2.29. The van der Waals surface area contributed by atoms with Gasteiger partial charge in [-0.1, -0.05) is 6.92 Å². The van der Waals surface area contributed by atoms with Crippen molar-refractivity contribution >= 4 is 27.3 Å². The highest BCUT2D eigenvalue weighted by Gasteiger charge is 2.31. The summed E-state index contributed by atoms with van der Waals surface area (Å²) in [6, 6.07) is 3.52. The first-order valence-corrected chi connectivity index (χ1v) is 8.59. The minimum absolute atomic E-state index is 0.194. The second-order valence-corrected chi connectivity index (χ2v) is 7.99. The van der Waals surface area contributed by atoms with E-state index >= 15 is 0 Å². The number of carbonyl (C=O) groups is 1. The molecule has 1 fully saturated rings. The van der Waals surface area contributed by atoms with E-state index in [0.717, 1.165) is 11.3 Å². The predicted octanol–water partition coefficient (Wildman–Crippen LogP) is 1.20. The summed E-state index contributed by atoms with van der Waals surface area (Å²) in [6.07, 6.45) is 1.87. The normalized spacial score (nSPS) is 18.6. The molecule has 5 nitrogen and oxygen atoms in total. The molecule has 0 unspecified atom stereocenters. The quantitative estimate of drug-likeness (QED) is 0.907. The number of thiophene rings is 1. The van der Waals surface area contributed by atoms with Crippen molar-refractivity contribution in [3.8, 4) is 0 Å². The Hall–Kier alpha value is -0.920. The van der Waals surface area contributed by atoms with Crippen LogP contribution in [0.15, 0.2) is 16.3 Å². The average Bonchev–Trinajstić information content (AvgIpc) is 2.88. The molecule has 0 radical (unpaired) electrons. The van der Waals surface area contributed by atoms with Crippen LogP contribution in [0.3, 0.4) is 0 Å². The van der Waals surface area contributed by atoms with Crippen molar-refractivity contribution in [1.82, 2.24) is 4.31 Å². The van der Waals surface area contributed by atoms with Gasteiger partial charge in [0.15, 0.2) is 0 Å². The second-order valence-electron chi connectivity index (χ2n) is 4.66. The maximum absolute atomic E-state index is 12.4. The summed E-state index contributed by atoms with van der Waals surface area (Å²) < 4.78 is 26.7. The first-order valence-electron chi connectivity index (χ1n) is 6.33. The Morgan fingerprint density at radius 1 is 1.42 bits per heavy atom. The van der Waals surface area contributed by atoms with Gasteiger partial charge in [0.2, 0.25) is 5.91 Å². The monoisotopic (exact) mass is 302 g/mol. The largest absolute Gasteiger partial charge is 0.369 e. The lowest BCUT2D eigenvalue weighted by molar-refractivity contribution is -0.122. The predicted molar refractivity (Wildman–Crippen MR) is 74.4 cm³/mol. The number of amides is 1. The number of sulfonamides is 1. The molecule has 0 aromatic carbocycles. The molecule has 1 amide bonds. The molecule has 2 heterocycles. The molecular formula is C12H18N2O3S2. The summed E-state index contributed by atoms with van der Waals surface area (Å²) in [4.78, 5) is 12.1. The van der Waals surface area contributed by atoms with Crippen molar-refractivity contribution in [1.29, 1.82) is 0 Å². The van der Waals surface area contributed by atoms with Crippen LogP contribution in [0.4, 0.5) is 0 Å². The minimum atomic E-state index is -3.40. The number of primary amides is 1. The van der Waals surface area contributed by atoms with Gasteiger partial charge in [0.1, 0.15) is 4.21 Å². The topological polar surface area (TPSA) is 80.5 Å². The maximum atomic E-state index is 12.4. The van der Waals surface area contributed by atoms with Crippen molar-refractivity contribution in [3.63, 3.8) is 0 Å². The van der Waals surface area contributed by atoms with Crippen molar-refractivity contribution < 1.29 is 13.2 Å². The molecule has 1 saturated heterocycles. The third-order valence-electron chi connectivity index (χ3n) is 3.44. The van der Waals surface area contributed by atoms with E-state index in [1.165, 1.54) is 15.6 Å². The molecule has 1 aromatic heterocycles. The van der Waals surface area contributed by atoms with Crippen LogP contribution < -0.4 is 5.73 Å². The minimum Gasteiger partial charge on any atom is -0.369 e. The number of hydrogen-bond donors (Lipinski definition) is 1. The summed E-state index contributed by atoms with van der Waals surface area (Å²) in [7, 11) is -3.40. The molecule has 2 rings (SSSR count). The molecule has 0 spiro atoms. The van der Waals surface area contributed by atoms with Gasteiger partial charge in [0, 0.05) is 23.9 Å². The van der Waals surface area contributed by atoms with Gasteiger partial charge in [-0.2, -0.15) is 4.31 Å². The number of piperidine rings is 1. The molecule has 0 saturated carbocycles. The van der Waals surface area contributed by atoms with Gasteiger partial charge in [-0.25, -0.2) is 8.42 Å². The highest BCUT2D eigenvalue weighted by atomic mass is 32.2. The van der Waals surface area contributed by atoms with E-state index in [-0.39, 0.29) is 11.8 Å². The maximum Gasteiger partial charge on any atom is 0.252 e. The summed E-state index contributed by atoms with van der Waals surface area (Å²) in [5.41, 5.74) is 5.25. The Kier molecular flexibility index (Phi) is 4.27. The molecule has 2 N–H and O–H groups in total. The molecule has 0 atom stereocenters. The van der Waals surface area contributed by atoms with Crippen molar-refractivity contribution in [2.45, 2.75) is 30.4 Å². The van der Waals surface area contributed by atoms with Crippen LogP contribution in [0.25, 0.3) is 0 Å². The Morgan fingerprint density at radius 2 is 2.05 bits per heavy atom. The van der Waals surface area contributed by atoms with Gasteiger partial charge >= 0.3 is 0 Å². The van der Waals surface area contributed by atoms with Crippen LogP contribution in [-0.2, 0) is 21.2 Å². The summed E-state index contributed by atoms with van der Waals surface area (Å²) in [6.45, 7) is 2.74. The van der Waals surface area contributed by atoms with Crippen molar-refractivity contribution in [2.75, 3.05) is 13.1 Å². The third kappa shape index (κ3) is 2.98. The zero-order valence-electron chi connectivity index (χ0n) is 10.8. The molecule has 1 aliphatic heterocycles. The van der Waals surface area contributed by atoms with Crippen molar-refractivity contribution in [2.24, 2.45) is 11.7 Å². The average molecular weight is 302 g/mol. The molecule has 1 aliphatic rings. The molecule has 0 aliphatic carbocycles. The fourth-order valence-corrected chi connectivity index (χ4v) is 5.11. The number of hydrogen-bond acceptors (Lipinski definition) is 4. The van der Waals surface area contributed by atoms with Crippen LogP contribution in [0, 0.1) is 5.92 Å². The Balaban J connectivity index is 2.11. The third-order valence-corrected chi connectivity index (χ3v) is 7.03. The molecule has 7 heteroatoms. The molecule has 19 heavy (non-hydrogen) atoms. The molecule has 106 valence electrons. The number of nitrogens with zero attached hydrogens (tertiary/aromatic N) is 1. The van der Waals surface area contributed by atoms with E-state index in [2.05, 4.69) is 0 Å². The van der Waals surface area contributed by atoms with Crippen LogP contribution in [0.1, 0.15) is 24.6 Å². The van der Waals surface area contributed by atoms with Gasteiger partial charge in [-0.05, 0) is 31.4 Å². The van der Waals surface area contributed by atoms with Crippen LogP contribution in [-0.4, -0.2) is 31.7 Å². The highest BCUT2D eigenvalue weighted by molar-refractivity contribution is 7.91. The first-order chi connectivity index (χ1) is 8.95. The standard InChI is InChI=1S/C12H18N2O3S2/c1-2-10-3-4-11(18-10)19(16,17)14-7-5-9(6-8-14)12(13)15/h3-4,9H,2,5-8H2,1H3,(H2,13,15). The van der Waals surface area contributed by atoms with Gasteiger partial charge < -0.3 is 5.73 Å². The smallest absolute Gasteiger partial charge is 0.252 e. The summed E-state index contributed by atoms with van der Waals surface area (Å²) in [5, 5.41) is 0. The number of aryl methyl sites for hydroxylation is 1. The van der Waals surface area contributed by atoms with Crippen molar-refractivity contribution in [3.05, 3.63) is 17.0 Å². The van der Waals surface area contributed by atoms with Crippen LogP contribution in [0.2, 0.25) is 0 Å².